The van der Waals surface area contributed by atoms with Gasteiger partial charge < -0.3 is 5.32 Å². The quantitative estimate of drug-likeness (QED) is 0.938. The van der Waals surface area contributed by atoms with Gasteiger partial charge in [0.25, 0.3) is 0 Å². The van der Waals surface area contributed by atoms with Gasteiger partial charge in [0, 0.05) is 50.5 Å². The summed E-state index contributed by atoms with van der Waals surface area (Å²) in [4.78, 5) is 2.54. The molecule has 1 aromatic heterocycles. The summed E-state index contributed by atoms with van der Waals surface area (Å²) in [6.07, 6.45) is 3.99. The maximum absolute atomic E-state index is 4.26. The van der Waals surface area contributed by atoms with Crippen LogP contribution in [0.1, 0.15) is 19.4 Å². The smallest absolute Gasteiger partial charge is 0.0568 e. The molecule has 1 aliphatic heterocycles. The second kappa shape index (κ2) is 6.00. The zero-order valence-electron chi connectivity index (χ0n) is 13.1. The Morgan fingerprint density at radius 3 is 2.62 bits per heavy atom. The monoisotopic (exact) mass is 284 g/mol. The van der Waals surface area contributed by atoms with E-state index in [0.717, 1.165) is 19.6 Å². The van der Waals surface area contributed by atoms with Crippen molar-refractivity contribution in [2.24, 2.45) is 7.05 Å². The summed E-state index contributed by atoms with van der Waals surface area (Å²) >= 11 is 0. The SMILES string of the molecule is CC1CN(Cc2cccc(-c3cnn(C)c3)c2)CC(C)N1. The molecular formula is C17H24N4. The van der Waals surface area contributed by atoms with Gasteiger partial charge in [0.1, 0.15) is 0 Å². The number of aromatic nitrogens is 2. The molecule has 1 N–H and O–H groups in total. The van der Waals surface area contributed by atoms with Crippen LogP contribution >= 0.6 is 0 Å². The first-order valence-electron chi connectivity index (χ1n) is 7.66. The highest BCUT2D eigenvalue weighted by atomic mass is 15.2. The van der Waals surface area contributed by atoms with Crippen LogP contribution in [-0.2, 0) is 13.6 Å². The van der Waals surface area contributed by atoms with Crippen molar-refractivity contribution in [2.75, 3.05) is 13.1 Å². The van der Waals surface area contributed by atoms with Gasteiger partial charge in [-0.25, -0.2) is 0 Å². The molecule has 112 valence electrons. The van der Waals surface area contributed by atoms with Gasteiger partial charge in [-0.05, 0) is 31.0 Å². The lowest BCUT2D eigenvalue weighted by Crippen LogP contribution is -2.53. The van der Waals surface area contributed by atoms with Gasteiger partial charge in [0.15, 0.2) is 0 Å². The third-order valence-corrected chi connectivity index (χ3v) is 4.00. The highest BCUT2D eigenvalue weighted by molar-refractivity contribution is 5.62. The summed E-state index contributed by atoms with van der Waals surface area (Å²) in [5.74, 6) is 0. The molecule has 4 heteroatoms. The molecule has 4 nitrogen and oxygen atoms in total. The van der Waals surface area contributed by atoms with Crippen LogP contribution in [0.2, 0.25) is 0 Å². The molecule has 3 rings (SSSR count). The topological polar surface area (TPSA) is 33.1 Å². The molecule has 0 radical (unpaired) electrons. The van der Waals surface area contributed by atoms with Gasteiger partial charge in [-0.1, -0.05) is 18.2 Å². The van der Waals surface area contributed by atoms with Crippen LogP contribution in [0.3, 0.4) is 0 Å². The van der Waals surface area contributed by atoms with Crippen LogP contribution in [0.4, 0.5) is 0 Å². The van der Waals surface area contributed by atoms with E-state index in [-0.39, 0.29) is 0 Å². The summed E-state index contributed by atoms with van der Waals surface area (Å²) in [7, 11) is 1.96. The molecule has 1 aromatic carbocycles. The van der Waals surface area contributed by atoms with Crippen molar-refractivity contribution >= 4 is 0 Å². The zero-order chi connectivity index (χ0) is 14.8. The van der Waals surface area contributed by atoms with Crippen LogP contribution in [0, 0.1) is 0 Å². The largest absolute Gasteiger partial charge is 0.309 e. The van der Waals surface area contributed by atoms with Crippen LogP contribution in [-0.4, -0.2) is 39.9 Å². The standard InChI is InChI=1S/C17H24N4/c1-13-9-21(10-14(2)19-13)11-15-5-4-6-16(7-15)17-8-18-20(3)12-17/h4-8,12-14,19H,9-11H2,1-3H3. The molecule has 0 spiro atoms. The maximum atomic E-state index is 4.26. The molecule has 1 saturated heterocycles. The second-order valence-corrected chi connectivity index (χ2v) is 6.27. The lowest BCUT2D eigenvalue weighted by Gasteiger charge is -2.36. The minimum atomic E-state index is 0.565. The Bertz CT molecular complexity index is 594. The molecule has 0 amide bonds. The summed E-state index contributed by atoms with van der Waals surface area (Å²) in [5.41, 5.74) is 3.80. The van der Waals surface area contributed by atoms with Crippen molar-refractivity contribution < 1.29 is 0 Å². The Labute approximate surface area is 126 Å². The maximum Gasteiger partial charge on any atom is 0.0568 e. The second-order valence-electron chi connectivity index (χ2n) is 6.27. The number of aryl methyl sites for hydroxylation is 1. The molecule has 2 heterocycles. The first kappa shape index (κ1) is 14.3. The van der Waals surface area contributed by atoms with E-state index in [1.165, 1.54) is 16.7 Å². The Hall–Kier alpha value is -1.65. The number of piperazine rings is 1. The molecule has 2 unspecified atom stereocenters. The van der Waals surface area contributed by atoms with E-state index in [1.807, 2.05) is 17.9 Å². The predicted molar refractivity (Wildman–Crippen MR) is 86.0 cm³/mol. The Morgan fingerprint density at radius 2 is 1.95 bits per heavy atom. The van der Waals surface area contributed by atoms with Crippen molar-refractivity contribution in [3.63, 3.8) is 0 Å². The fourth-order valence-corrected chi connectivity index (χ4v) is 3.25. The first-order valence-corrected chi connectivity index (χ1v) is 7.66. The zero-order valence-corrected chi connectivity index (χ0v) is 13.1. The highest BCUT2D eigenvalue weighted by Crippen LogP contribution is 2.20. The van der Waals surface area contributed by atoms with Crippen molar-refractivity contribution in [3.05, 3.63) is 42.2 Å². The van der Waals surface area contributed by atoms with Gasteiger partial charge in [-0.15, -0.1) is 0 Å². The molecule has 1 aliphatic rings. The van der Waals surface area contributed by atoms with E-state index in [4.69, 9.17) is 0 Å². The van der Waals surface area contributed by atoms with Crippen molar-refractivity contribution in [1.29, 1.82) is 0 Å². The van der Waals surface area contributed by atoms with E-state index in [9.17, 15) is 0 Å². The predicted octanol–water partition coefficient (Wildman–Crippen LogP) is 2.27. The van der Waals surface area contributed by atoms with Crippen LogP contribution in [0.25, 0.3) is 11.1 Å². The van der Waals surface area contributed by atoms with Gasteiger partial charge in [-0.2, -0.15) is 5.10 Å². The van der Waals surface area contributed by atoms with Crippen LogP contribution < -0.4 is 5.32 Å². The first-order chi connectivity index (χ1) is 10.1. The highest BCUT2D eigenvalue weighted by Gasteiger charge is 2.20. The fraction of sp³-hybridized carbons (Fsp3) is 0.471. The van der Waals surface area contributed by atoms with Crippen LogP contribution in [0.5, 0.6) is 0 Å². The molecule has 0 saturated carbocycles. The number of hydrogen-bond acceptors (Lipinski definition) is 3. The molecule has 21 heavy (non-hydrogen) atoms. The lowest BCUT2D eigenvalue weighted by molar-refractivity contribution is 0.166. The van der Waals surface area contributed by atoms with Crippen molar-refractivity contribution in [1.82, 2.24) is 20.0 Å². The molecule has 2 atom stereocenters. The molecule has 2 aromatic rings. The van der Waals surface area contributed by atoms with E-state index >= 15 is 0 Å². The average molecular weight is 284 g/mol. The Balaban J connectivity index is 1.74. The number of rotatable bonds is 3. The summed E-state index contributed by atoms with van der Waals surface area (Å²) in [6.45, 7) is 7.76. The number of benzene rings is 1. The molecular weight excluding hydrogens is 260 g/mol. The van der Waals surface area contributed by atoms with E-state index < -0.39 is 0 Å². The third kappa shape index (κ3) is 3.52. The van der Waals surface area contributed by atoms with Crippen molar-refractivity contribution in [3.8, 4) is 11.1 Å². The Kier molecular flexibility index (Phi) is 4.08. The fourth-order valence-electron chi connectivity index (χ4n) is 3.25. The Morgan fingerprint density at radius 1 is 1.19 bits per heavy atom. The van der Waals surface area contributed by atoms with Gasteiger partial charge in [-0.3, -0.25) is 9.58 Å². The van der Waals surface area contributed by atoms with Gasteiger partial charge in [0.05, 0.1) is 6.20 Å². The number of nitrogens with zero attached hydrogens (tertiary/aromatic N) is 3. The normalized spacial score (nSPS) is 23.4. The number of nitrogens with one attached hydrogen (secondary N) is 1. The van der Waals surface area contributed by atoms with E-state index in [2.05, 4.69) is 59.6 Å². The summed E-state index contributed by atoms with van der Waals surface area (Å²) in [5, 5.41) is 7.84. The summed E-state index contributed by atoms with van der Waals surface area (Å²) in [6, 6.07) is 9.94. The lowest BCUT2D eigenvalue weighted by atomic mass is 10.0. The summed E-state index contributed by atoms with van der Waals surface area (Å²) < 4.78 is 1.85. The van der Waals surface area contributed by atoms with Crippen molar-refractivity contribution in [2.45, 2.75) is 32.5 Å². The van der Waals surface area contributed by atoms with Gasteiger partial charge >= 0.3 is 0 Å². The third-order valence-electron chi connectivity index (χ3n) is 4.00. The average Bonchev–Trinajstić information content (AvgIpc) is 2.84. The van der Waals surface area contributed by atoms with Gasteiger partial charge in [0.2, 0.25) is 0 Å². The molecule has 1 fully saturated rings. The minimum Gasteiger partial charge on any atom is -0.309 e. The number of hydrogen-bond donors (Lipinski definition) is 1. The van der Waals surface area contributed by atoms with E-state index in [1.54, 1.807) is 0 Å². The minimum absolute atomic E-state index is 0.565. The van der Waals surface area contributed by atoms with Crippen LogP contribution in [0.15, 0.2) is 36.7 Å². The van der Waals surface area contributed by atoms with E-state index in [0.29, 0.717) is 12.1 Å². The molecule has 0 aliphatic carbocycles. The molecule has 0 bridgehead atoms.